The first kappa shape index (κ1) is 18.5. The molecule has 2 aromatic rings. The molecule has 0 aliphatic carbocycles. The molecule has 0 N–H and O–H groups in total. The number of fused-ring (bicyclic) bond motifs is 1. The summed E-state index contributed by atoms with van der Waals surface area (Å²) in [6.45, 7) is 4.45. The lowest BCUT2D eigenvalue weighted by Crippen LogP contribution is -2.49. The van der Waals surface area contributed by atoms with Crippen LogP contribution in [-0.4, -0.2) is 52.6 Å². The lowest BCUT2D eigenvalue weighted by molar-refractivity contribution is -0.386. The molecule has 3 rings (SSSR count). The van der Waals surface area contributed by atoms with Crippen LogP contribution in [0.3, 0.4) is 0 Å². The number of hydrogen-bond acceptors (Lipinski definition) is 6. The summed E-state index contributed by atoms with van der Waals surface area (Å²) >= 11 is 3.34. The summed E-state index contributed by atoms with van der Waals surface area (Å²) in [5.41, 5.74) is 0.280. The van der Waals surface area contributed by atoms with Crippen molar-refractivity contribution in [3.63, 3.8) is 0 Å². The highest BCUT2D eigenvalue weighted by Gasteiger charge is 2.27. The number of nitrogens with zero attached hydrogens (tertiary/aromatic N) is 3. The monoisotopic (exact) mass is 423 g/mol. The molecular formula is C17H18BrN3O5. The summed E-state index contributed by atoms with van der Waals surface area (Å²) in [5, 5.41) is 11.8. The number of hydrogen-bond donors (Lipinski definition) is 0. The van der Waals surface area contributed by atoms with Crippen molar-refractivity contribution in [3.8, 4) is 5.75 Å². The van der Waals surface area contributed by atoms with E-state index in [2.05, 4.69) is 20.9 Å². The Balaban J connectivity index is 1.85. The molecule has 1 saturated heterocycles. The summed E-state index contributed by atoms with van der Waals surface area (Å²) in [6.07, 6.45) is 1.03. The zero-order valence-electron chi connectivity index (χ0n) is 14.3. The Bertz CT molecular complexity index is 850. The van der Waals surface area contributed by atoms with E-state index in [-0.39, 0.29) is 36.2 Å². The van der Waals surface area contributed by atoms with Gasteiger partial charge in [-0.1, -0.05) is 15.9 Å². The van der Waals surface area contributed by atoms with Gasteiger partial charge in [-0.25, -0.2) is 4.98 Å². The number of pyridine rings is 1. The van der Waals surface area contributed by atoms with Gasteiger partial charge in [0.05, 0.1) is 28.0 Å². The number of benzene rings is 1. The maximum absolute atomic E-state index is 12.5. The van der Waals surface area contributed by atoms with Crippen molar-refractivity contribution in [1.29, 1.82) is 0 Å². The number of halogens is 1. The molecular weight excluding hydrogens is 406 g/mol. The van der Waals surface area contributed by atoms with Crippen molar-refractivity contribution in [2.45, 2.75) is 26.1 Å². The van der Waals surface area contributed by atoms with Crippen molar-refractivity contribution < 1.29 is 19.2 Å². The average molecular weight is 424 g/mol. The molecule has 1 fully saturated rings. The van der Waals surface area contributed by atoms with Crippen LogP contribution in [0.5, 0.6) is 5.75 Å². The Morgan fingerprint density at radius 1 is 1.42 bits per heavy atom. The fourth-order valence-electron chi connectivity index (χ4n) is 3.02. The normalized spacial score (nSPS) is 20.2. The maximum atomic E-state index is 12.5. The van der Waals surface area contributed by atoms with E-state index in [1.54, 1.807) is 23.1 Å². The molecule has 138 valence electrons. The molecule has 0 radical (unpaired) electrons. The third-order valence-electron chi connectivity index (χ3n) is 4.07. The minimum atomic E-state index is -0.563. The number of amides is 1. The minimum Gasteiger partial charge on any atom is -0.476 e. The van der Waals surface area contributed by atoms with E-state index in [9.17, 15) is 14.9 Å². The lowest BCUT2D eigenvalue weighted by Gasteiger charge is -2.35. The molecule has 2 atom stereocenters. The second-order valence-corrected chi connectivity index (χ2v) is 7.15. The van der Waals surface area contributed by atoms with E-state index in [1.807, 2.05) is 13.8 Å². The van der Waals surface area contributed by atoms with Crippen LogP contribution in [-0.2, 0) is 9.53 Å². The van der Waals surface area contributed by atoms with E-state index < -0.39 is 4.92 Å². The molecule has 26 heavy (non-hydrogen) atoms. The van der Waals surface area contributed by atoms with Gasteiger partial charge in [0, 0.05) is 17.6 Å². The van der Waals surface area contributed by atoms with Crippen LogP contribution in [0.25, 0.3) is 10.9 Å². The third kappa shape index (κ3) is 3.94. The highest BCUT2D eigenvalue weighted by molar-refractivity contribution is 9.10. The van der Waals surface area contributed by atoms with Crippen molar-refractivity contribution in [2.75, 3.05) is 19.7 Å². The van der Waals surface area contributed by atoms with Crippen molar-refractivity contribution in [2.24, 2.45) is 0 Å². The first-order valence-corrected chi connectivity index (χ1v) is 8.93. The first-order chi connectivity index (χ1) is 12.3. The molecule has 1 aliphatic rings. The summed E-state index contributed by atoms with van der Waals surface area (Å²) < 4.78 is 12.0. The summed E-state index contributed by atoms with van der Waals surface area (Å²) in [5.74, 6) is -0.190. The molecule has 1 aromatic heterocycles. The van der Waals surface area contributed by atoms with Crippen molar-refractivity contribution in [1.82, 2.24) is 9.88 Å². The van der Waals surface area contributed by atoms with Gasteiger partial charge in [-0.15, -0.1) is 0 Å². The molecule has 0 unspecified atom stereocenters. The number of carbonyl (C=O) groups excluding carboxylic acids is 1. The molecule has 0 bridgehead atoms. The van der Waals surface area contributed by atoms with Gasteiger partial charge in [0.25, 0.3) is 5.91 Å². The molecule has 9 heteroatoms. The number of carbonyl (C=O) groups is 1. The van der Waals surface area contributed by atoms with Crippen LogP contribution in [0.2, 0.25) is 0 Å². The number of morpholine rings is 1. The highest BCUT2D eigenvalue weighted by atomic mass is 79.9. The molecule has 8 nitrogen and oxygen atoms in total. The zero-order chi connectivity index (χ0) is 18.8. The van der Waals surface area contributed by atoms with E-state index in [0.717, 1.165) is 10.7 Å². The Morgan fingerprint density at radius 3 is 2.77 bits per heavy atom. The predicted molar refractivity (Wildman–Crippen MR) is 98.2 cm³/mol. The number of nitro groups is 1. The van der Waals surface area contributed by atoms with E-state index in [4.69, 9.17) is 9.47 Å². The van der Waals surface area contributed by atoms with E-state index in [0.29, 0.717) is 24.0 Å². The first-order valence-electron chi connectivity index (χ1n) is 8.14. The lowest BCUT2D eigenvalue weighted by atomic mass is 10.2. The summed E-state index contributed by atoms with van der Waals surface area (Å²) in [7, 11) is 0. The van der Waals surface area contributed by atoms with Gasteiger partial charge in [0.15, 0.2) is 6.61 Å². The van der Waals surface area contributed by atoms with Gasteiger partial charge in [-0.2, -0.15) is 0 Å². The molecule has 1 aromatic carbocycles. The van der Waals surface area contributed by atoms with E-state index >= 15 is 0 Å². The molecule has 0 spiro atoms. The van der Waals surface area contributed by atoms with Gasteiger partial charge < -0.3 is 14.4 Å². The maximum Gasteiger partial charge on any atom is 0.329 e. The van der Waals surface area contributed by atoms with Crippen LogP contribution in [0.15, 0.2) is 28.9 Å². The number of ether oxygens (including phenoxy) is 2. The zero-order valence-corrected chi connectivity index (χ0v) is 15.9. The van der Waals surface area contributed by atoms with Gasteiger partial charge in [0.2, 0.25) is 5.75 Å². The largest absolute Gasteiger partial charge is 0.476 e. The Kier molecular flexibility index (Phi) is 5.38. The van der Waals surface area contributed by atoms with Crippen LogP contribution in [0.1, 0.15) is 13.8 Å². The van der Waals surface area contributed by atoms with Crippen LogP contribution < -0.4 is 4.74 Å². The molecule has 1 aliphatic heterocycles. The quantitative estimate of drug-likeness (QED) is 0.554. The standard InChI is InChI=1S/C17H18BrN3O5/c1-10-7-20(8-11(2)26-10)16(22)9-25-17-13-5-12(18)3-4-14(13)19-6-15(17)21(23)24/h3-6,10-11H,7-9H2,1-2H3/t10-,11-/m1/s1. The Hall–Kier alpha value is -2.26. The Morgan fingerprint density at radius 2 is 2.12 bits per heavy atom. The number of rotatable bonds is 4. The summed E-state index contributed by atoms with van der Waals surface area (Å²) in [6, 6.07) is 5.20. The van der Waals surface area contributed by atoms with Crippen LogP contribution in [0.4, 0.5) is 5.69 Å². The van der Waals surface area contributed by atoms with E-state index in [1.165, 1.54) is 0 Å². The summed E-state index contributed by atoms with van der Waals surface area (Å²) in [4.78, 5) is 29.0. The number of aromatic nitrogens is 1. The van der Waals surface area contributed by atoms with Gasteiger partial charge in [-0.3, -0.25) is 14.9 Å². The fourth-order valence-corrected chi connectivity index (χ4v) is 3.38. The highest BCUT2D eigenvalue weighted by Crippen LogP contribution is 2.35. The van der Waals surface area contributed by atoms with Gasteiger partial charge in [-0.05, 0) is 32.0 Å². The predicted octanol–water partition coefficient (Wildman–Crippen LogP) is 2.92. The van der Waals surface area contributed by atoms with Crippen LogP contribution >= 0.6 is 15.9 Å². The van der Waals surface area contributed by atoms with Crippen LogP contribution in [0, 0.1) is 10.1 Å². The molecule has 0 saturated carbocycles. The third-order valence-corrected chi connectivity index (χ3v) is 4.56. The molecule has 1 amide bonds. The van der Waals surface area contributed by atoms with Gasteiger partial charge >= 0.3 is 5.69 Å². The molecule has 2 heterocycles. The van der Waals surface area contributed by atoms with Gasteiger partial charge in [0.1, 0.15) is 6.20 Å². The average Bonchev–Trinajstić information content (AvgIpc) is 2.58. The fraction of sp³-hybridized carbons (Fsp3) is 0.412. The topological polar surface area (TPSA) is 94.8 Å². The SMILES string of the molecule is C[C@@H]1CN(C(=O)COc2c([N+](=O)[O-])cnc3ccc(Br)cc23)C[C@@H](C)O1. The second kappa shape index (κ2) is 7.55. The minimum absolute atomic E-state index is 0.0454. The van der Waals surface area contributed by atoms with Crippen molar-refractivity contribution in [3.05, 3.63) is 39.0 Å². The smallest absolute Gasteiger partial charge is 0.329 e. The second-order valence-electron chi connectivity index (χ2n) is 6.24. The van der Waals surface area contributed by atoms with Crippen molar-refractivity contribution >= 4 is 38.4 Å². The Labute approximate surface area is 158 Å².